The molecule has 7 rings (SSSR count). The zero-order valence-corrected chi connectivity index (χ0v) is 18.2. The van der Waals surface area contributed by atoms with Crippen LogP contribution in [-0.4, -0.2) is 100 Å². The van der Waals surface area contributed by atoms with E-state index in [9.17, 15) is 4.79 Å². The number of carbonyl (C=O) groups excluding carboxylic acids is 1. The summed E-state index contributed by atoms with van der Waals surface area (Å²) in [6.45, 7) is 8.91. The van der Waals surface area contributed by atoms with Gasteiger partial charge in [-0.1, -0.05) is 0 Å². The summed E-state index contributed by atoms with van der Waals surface area (Å²) < 4.78 is 7.63. The third kappa shape index (κ3) is 3.64. The van der Waals surface area contributed by atoms with Crippen LogP contribution in [0.15, 0.2) is 18.6 Å². The molecule has 1 unspecified atom stereocenters. The Bertz CT molecular complexity index is 939. The second-order valence-electron chi connectivity index (χ2n) is 9.60. The van der Waals surface area contributed by atoms with E-state index in [-0.39, 0.29) is 5.91 Å². The largest absolute Gasteiger partial charge is 0.381 e. The SMILES string of the molecule is O=C(c1cnc2c(c1)ncn2C1CCOCC1)N1CCN(C2CN3CCC2CC3)CC1. The number of rotatable bonds is 3. The van der Waals surface area contributed by atoms with Crippen molar-refractivity contribution in [3.05, 3.63) is 24.2 Å². The molecule has 5 aliphatic heterocycles. The normalized spacial score (nSPS) is 30.2. The Morgan fingerprint density at radius 1 is 0.968 bits per heavy atom. The minimum absolute atomic E-state index is 0.0866. The summed E-state index contributed by atoms with van der Waals surface area (Å²) in [5, 5.41) is 0. The number of ether oxygens (including phenoxy) is 1. The minimum atomic E-state index is 0.0866. The molecule has 8 heteroatoms. The van der Waals surface area contributed by atoms with Gasteiger partial charge in [0.05, 0.1) is 11.9 Å². The number of piperazine rings is 1. The van der Waals surface area contributed by atoms with Crippen molar-refractivity contribution in [1.29, 1.82) is 0 Å². The number of fused-ring (bicyclic) bond motifs is 4. The maximum atomic E-state index is 13.2. The van der Waals surface area contributed by atoms with E-state index in [0.717, 1.165) is 69.3 Å². The lowest BCUT2D eigenvalue weighted by atomic mass is 9.83. The highest BCUT2D eigenvalue weighted by Crippen LogP contribution is 2.31. The monoisotopic (exact) mass is 424 g/mol. The quantitative estimate of drug-likeness (QED) is 0.746. The smallest absolute Gasteiger partial charge is 0.255 e. The Kier molecular flexibility index (Phi) is 5.16. The van der Waals surface area contributed by atoms with Crippen LogP contribution in [0.25, 0.3) is 11.2 Å². The van der Waals surface area contributed by atoms with Crippen molar-refractivity contribution in [2.75, 3.05) is 59.0 Å². The molecule has 2 aromatic rings. The predicted octanol–water partition coefficient (Wildman–Crippen LogP) is 1.63. The van der Waals surface area contributed by atoms with Crippen molar-refractivity contribution in [2.24, 2.45) is 5.92 Å². The van der Waals surface area contributed by atoms with Crippen LogP contribution in [-0.2, 0) is 4.74 Å². The second-order valence-corrected chi connectivity index (χ2v) is 9.60. The molecular weight excluding hydrogens is 392 g/mol. The van der Waals surface area contributed by atoms with E-state index in [2.05, 4.69) is 24.3 Å². The Hall–Kier alpha value is -2.03. The number of nitrogens with zero attached hydrogens (tertiary/aromatic N) is 6. The van der Waals surface area contributed by atoms with E-state index in [1.165, 1.54) is 32.5 Å². The highest BCUT2D eigenvalue weighted by Gasteiger charge is 2.38. The molecule has 0 saturated carbocycles. The van der Waals surface area contributed by atoms with E-state index >= 15 is 0 Å². The summed E-state index contributed by atoms with van der Waals surface area (Å²) in [7, 11) is 0. The third-order valence-corrected chi connectivity index (χ3v) is 7.94. The fraction of sp³-hybridized carbons (Fsp3) is 0.696. The Labute approximate surface area is 183 Å². The van der Waals surface area contributed by atoms with Crippen LogP contribution in [0.2, 0.25) is 0 Å². The van der Waals surface area contributed by atoms with Gasteiger partial charge in [0, 0.05) is 64.2 Å². The minimum Gasteiger partial charge on any atom is -0.381 e. The van der Waals surface area contributed by atoms with Gasteiger partial charge in [-0.3, -0.25) is 9.69 Å². The number of carbonyl (C=O) groups is 1. The fourth-order valence-corrected chi connectivity index (χ4v) is 6.05. The zero-order chi connectivity index (χ0) is 20.8. The number of piperidine rings is 3. The summed E-state index contributed by atoms with van der Waals surface area (Å²) in [6.07, 6.45) is 8.26. The first kappa shape index (κ1) is 19.6. The maximum absolute atomic E-state index is 13.2. The summed E-state index contributed by atoms with van der Waals surface area (Å²) in [6, 6.07) is 2.99. The molecule has 1 atom stereocenters. The van der Waals surface area contributed by atoms with Crippen LogP contribution in [0.1, 0.15) is 42.1 Å². The lowest BCUT2D eigenvalue weighted by molar-refractivity contribution is -0.0131. The van der Waals surface area contributed by atoms with Crippen LogP contribution in [0.5, 0.6) is 0 Å². The van der Waals surface area contributed by atoms with Crippen molar-refractivity contribution >= 4 is 17.1 Å². The van der Waals surface area contributed by atoms with Gasteiger partial charge >= 0.3 is 0 Å². The van der Waals surface area contributed by atoms with Crippen molar-refractivity contribution in [3.63, 3.8) is 0 Å². The summed E-state index contributed by atoms with van der Waals surface area (Å²) >= 11 is 0. The van der Waals surface area contributed by atoms with Crippen molar-refractivity contribution in [1.82, 2.24) is 29.2 Å². The first-order chi connectivity index (χ1) is 15.3. The summed E-state index contributed by atoms with van der Waals surface area (Å²) in [5.41, 5.74) is 2.33. The van der Waals surface area contributed by atoms with E-state index in [0.29, 0.717) is 17.6 Å². The molecule has 2 bridgehead atoms. The summed E-state index contributed by atoms with van der Waals surface area (Å²) in [5.74, 6) is 0.938. The van der Waals surface area contributed by atoms with Gasteiger partial charge in [-0.25, -0.2) is 9.97 Å². The molecule has 1 amide bonds. The predicted molar refractivity (Wildman–Crippen MR) is 117 cm³/mol. The highest BCUT2D eigenvalue weighted by molar-refractivity contribution is 5.96. The molecule has 166 valence electrons. The molecule has 5 aliphatic rings. The molecule has 5 saturated heterocycles. The number of pyridine rings is 1. The van der Waals surface area contributed by atoms with Gasteiger partial charge in [0.25, 0.3) is 5.91 Å². The molecular formula is C23H32N6O2. The standard InChI is InChI=1S/C23H32N6O2/c30-23(28-9-7-27(8-10-28)21-15-26-5-1-17(21)2-6-26)18-13-20-22(24-14-18)29(16-25-20)19-3-11-31-12-4-19/h13-14,16-17,19,21H,1-12,15H2. The van der Waals surface area contributed by atoms with E-state index in [4.69, 9.17) is 4.74 Å². The average molecular weight is 425 g/mol. The fourth-order valence-electron chi connectivity index (χ4n) is 6.05. The van der Waals surface area contributed by atoms with E-state index in [1.807, 2.05) is 17.3 Å². The van der Waals surface area contributed by atoms with Crippen molar-refractivity contribution < 1.29 is 9.53 Å². The van der Waals surface area contributed by atoms with E-state index in [1.54, 1.807) is 6.20 Å². The molecule has 8 nitrogen and oxygen atoms in total. The number of amides is 1. The Morgan fingerprint density at radius 3 is 2.45 bits per heavy atom. The highest BCUT2D eigenvalue weighted by atomic mass is 16.5. The van der Waals surface area contributed by atoms with Crippen LogP contribution < -0.4 is 0 Å². The first-order valence-electron chi connectivity index (χ1n) is 11.9. The number of hydrogen-bond acceptors (Lipinski definition) is 6. The Balaban J connectivity index is 1.12. The van der Waals surface area contributed by atoms with Crippen LogP contribution in [0.4, 0.5) is 0 Å². The molecule has 31 heavy (non-hydrogen) atoms. The zero-order valence-electron chi connectivity index (χ0n) is 18.2. The van der Waals surface area contributed by atoms with Gasteiger partial charge in [0.1, 0.15) is 5.52 Å². The second kappa shape index (κ2) is 8.15. The van der Waals surface area contributed by atoms with Gasteiger partial charge in [0.2, 0.25) is 0 Å². The number of aromatic nitrogens is 3. The topological polar surface area (TPSA) is 66.7 Å². The summed E-state index contributed by atoms with van der Waals surface area (Å²) in [4.78, 5) is 29.6. The lowest BCUT2D eigenvalue weighted by Crippen LogP contribution is -2.61. The molecule has 0 N–H and O–H groups in total. The van der Waals surface area contributed by atoms with Gasteiger partial charge in [0.15, 0.2) is 5.65 Å². The Morgan fingerprint density at radius 2 is 1.74 bits per heavy atom. The van der Waals surface area contributed by atoms with E-state index < -0.39 is 0 Å². The first-order valence-corrected chi connectivity index (χ1v) is 11.9. The molecule has 0 aliphatic carbocycles. The average Bonchev–Trinajstić information content (AvgIpc) is 3.28. The molecule has 5 fully saturated rings. The van der Waals surface area contributed by atoms with Crippen LogP contribution in [0.3, 0.4) is 0 Å². The molecule has 0 spiro atoms. The molecule has 2 aromatic heterocycles. The molecule has 0 aromatic carbocycles. The molecule has 7 heterocycles. The van der Waals surface area contributed by atoms with Crippen molar-refractivity contribution in [3.8, 4) is 0 Å². The lowest BCUT2D eigenvalue weighted by Gasteiger charge is -2.51. The maximum Gasteiger partial charge on any atom is 0.255 e. The van der Waals surface area contributed by atoms with Gasteiger partial charge in [-0.15, -0.1) is 0 Å². The third-order valence-electron chi connectivity index (χ3n) is 7.94. The number of imidazole rings is 1. The van der Waals surface area contributed by atoms with Gasteiger partial charge in [-0.2, -0.15) is 0 Å². The number of hydrogen-bond donors (Lipinski definition) is 0. The van der Waals surface area contributed by atoms with Gasteiger partial charge < -0.3 is 19.1 Å². The van der Waals surface area contributed by atoms with Gasteiger partial charge in [-0.05, 0) is 50.8 Å². The van der Waals surface area contributed by atoms with Crippen LogP contribution in [0, 0.1) is 5.92 Å². The molecule has 0 radical (unpaired) electrons. The van der Waals surface area contributed by atoms with Crippen LogP contribution >= 0.6 is 0 Å². The van der Waals surface area contributed by atoms with Crippen molar-refractivity contribution in [2.45, 2.75) is 37.8 Å².